The number of rotatable bonds is 3. The van der Waals surface area contributed by atoms with E-state index in [1.54, 1.807) is 18.3 Å². The van der Waals surface area contributed by atoms with E-state index in [1.807, 2.05) is 28.0 Å². The van der Waals surface area contributed by atoms with Crippen LogP contribution in [0.2, 0.25) is 5.02 Å². The summed E-state index contributed by atoms with van der Waals surface area (Å²) in [4.78, 5) is 28.9. The number of halogens is 1. The van der Waals surface area contributed by atoms with Gasteiger partial charge in [0.2, 0.25) is 0 Å². The standard InChI is InChI=1S/C19H21ClN4O3/c20-17-15(13-21-24(19(17)26)14-5-2-1-3-6-14)22-8-10-23(11-9-22)18(25)16-7-4-12-27-16/h1-3,5-6,13,16H,4,7-12H2/t16-/m0/s1. The van der Waals surface area contributed by atoms with Crippen molar-refractivity contribution in [3.8, 4) is 5.69 Å². The molecule has 0 N–H and O–H groups in total. The zero-order valence-electron chi connectivity index (χ0n) is 14.9. The largest absolute Gasteiger partial charge is 0.368 e. The van der Waals surface area contributed by atoms with Gasteiger partial charge in [-0.25, -0.2) is 0 Å². The number of carbonyl (C=O) groups is 1. The van der Waals surface area contributed by atoms with Crippen LogP contribution in [-0.4, -0.2) is 59.5 Å². The number of amides is 1. The first-order chi connectivity index (χ1) is 13.1. The Bertz CT molecular complexity index is 872. The van der Waals surface area contributed by atoms with Crippen molar-refractivity contribution in [1.29, 1.82) is 0 Å². The number of piperazine rings is 1. The van der Waals surface area contributed by atoms with Crippen LogP contribution < -0.4 is 10.5 Å². The van der Waals surface area contributed by atoms with Crippen molar-refractivity contribution in [3.05, 3.63) is 51.9 Å². The maximum absolute atomic E-state index is 12.6. The summed E-state index contributed by atoms with van der Waals surface area (Å²) in [5, 5.41) is 4.43. The Kier molecular flexibility index (Phi) is 5.13. The molecule has 0 saturated carbocycles. The van der Waals surface area contributed by atoms with Crippen LogP contribution in [0.3, 0.4) is 0 Å². The monoisotopic (exact) mass is 388 g/mol. The molecule has 7 nitrogen and oxygen atoms in total. The predicted molar refractivity (Wildman–Crippen MR) is 103 cm³/mol. The maximum Gasteiger partial charge on any atom is 0.292 e. The van der Waals surface area contributed by atoms with Crippen LogP contribution in [0.25, 0.3) is 5.69 Å². The van der Waals surface area contributed by atoms with E-state index in [9.17, 15) is 9.59 Å². The van der Waals surface area contributed by atoms with Gasteiger partial charge >= 0.3 is 0 Å². The molecule has 2 aliphatic heterocycles. The summed E-state index contributed by atoms with van der Waals surface area (Å²) >= 11 is 6.37. The number of carbonyl (C=O) groups excluding carboxylic acids is 1. The quantitative estimate of drug-likeness (QED) is 0.800. The highest BCUT2D eigenvalue weighted by atomic mass is 35.5. The molecule has 2 aliphatic rings. The molecule has 8 heteroatoms. The second kappa shape index (κ2) is 7.70. The van der Waals surface area contributed by atoms with Gasteiger partial charge in [-0.05, 0) is 25.0 Å². The minimum Gasteiger partial charge on any atom is -0.368 e. The van der Waals surface area contributed by atoms with Crippen LogP contribution >= 0.6 is 11.6 Å². The Labute approximate surface area is 162 Å². The molecule has 1 aromatic heterocycles. The van der Waals surface area contributed by atoms with Crippen molar-refractivity contribution in [3.63, 3.8) is 0 Å². The van der Waals surface area contributed by atoms with Crippen LogP contribution in [0.1, 0.15) is 12.8 Å². The number of benzene rings is 1. The molecule has 2 fully saturated rings. The Balaban J connectivity index is 1.48. The molecule has 2 aromatic rings. The Hall–Kier alpha value is -2.38. The van der Waals surface area contributed by atoms with E-state index in [1.165, 1.54) is 4.68 Å². The fourth-order valence-electron chi connectivity index (χ4n) is 3.54. The first-order valence-corrected chi connectivity index (χ1v) is 9.51. The molecule has 3 heterocycles. The van der Waals surface area contributed by atoms with Gasteiger partial charge in [-0.15, -0.1) is 0 Å². The number of ether oxygens (including phenoxy) is 1. The molecule has 0 aliphatic carbocycles. The summed E-state index contributed by atoms with van der Waals surface area (Å²) in [7, 11) is 0. The molecule has 0 radical (unpaired) electrons. The van der Waals surface area contributed by atoms with Crippen molar-refractivity contribution in [1.82, 2.24) is 14.7 Å². The maximum atomic E-state index is 12.6. The summed E-state index contributed by atoms with van der Waals surface area (Å²) in [6.07, 6.45) is 3.06. The molecular formula is C19H21ClN4O3. The third-order valence-corrected chi connectivity index (χ3v) is 5.39. The normalized spacial score (nSPS) is 20.1. The van der Waals surface area contributed by atoms with Crippen molar-refractivity contribution in [2.45, 2.75) is 18.9 Å². The van der Waals surface area contributed by atoms with Crippen LogP contribution in [0.4, 0.5) is 5.69 Å². The minimum atomic E-state index is -0.349. The molecule has 1 atom stereocenters. The van der Waals surface area contributed by atoms with Gasteiger partial charge in [-0.2, -0.15) is 9.78 Å². The van der Waals surface area contributed by atoms with Crippen LogP contribution in [0.5, 0.6) is 0 Å². The summed E-state index contributed by atoms with van der Waals surface area (Å²) in [5.41, 5.74) is 0.930. The lowest BCUT2D eigenvalue weighted by Crippen LogP contribution is -2.51. The summed E-state index contributed by atoms with van der Waals surface area (Å²) in [5.74, 6) is 0.0656. The van der Waals surface area contributed by atoms with E-state index in [-0.39, 0.29) is 22.6 Å². The average molecular weight is 389 g/mol. The number of aromatic nitrogens is 2. The van der Waals surface area contributed by atoms with E-state index >= 15 is 0 Å². The van der Waals surface area contributed by atoms with Crippen molar-refractivity contribution < 1.29 is 9.53 Å². The summed E-state index contributed by atoms with van der Waals surface area (Å²) in [6.45, 7) is 3.03. The molecule has 1 aromatic carbocycles. The molecule has 0 unspecified atom stereocenters. The lowest BCUT2D eigenvalue weighted by molar-refractivity contribution is -0.141. The van der Waals surface area contributed by atoms with E-state index in [0.717, 1.165) is 12.8 Å². The molecule has 2 saturated heterocycles. The smallest absolute Gasteiger partial charge is 0.292 e. The van der Waals surface area contributed by atoms with E-state index < -0.39 is 0 Å². The fraction of sp³-hybridized carbons (Fsp3) is 0.421. The lowest BCUT2D eigenvalue weighted by Gasteiger charge is -2.37. The Morgan fingerprint density at radius 2 is 1.89 bits per heavy atom. The number of para-hydroxylation sites is 1. The topological polar surface area (TPSA) is 67.7 Å². The average Bonchev–Trinajstić information content (AvgIpc) is 3.25. The minimum absolute atomic E-state index is 0.0656. The van der Waals surface area contributed by atoms with Gasteiger partial charge in [0.15, 0.2) is 0 Å². The summed E-state index contributed by atoms with van der Waals surface area (Å²) < 4.78 is 6.78. The molecule has 1 amide bonds. The molecular weight excluding hydrogens is 368 g/mol. The lowest BCUT2D eigenvalue weighted by atomic mass is 10.2. The van der Waals surface area contributed by atoms with Gasteiger partial charge in [0, 0.05) is 32.8 Å². The van der Waals surface area contributed by atoms with Gasteiger partial charge in [0.25, 0.3) is 11.5 Å². The Morgan fingerprint density at radius 3 is 2.56 bits per heavy atom. The molecule has 0 spiro atoms. The van der Waals surface area contributed by atoms with Crippen molar-refractivity contribution in [2.24, 2.45) is 0 Å². The van der Waals surface area contributed by atoms with E-state index in [4.69, 9.17) is 16.3 Å². The molecule has 27 heavy (non-hydrogen) atoms. The highest BCUT2D eigenvalue weighted by molar-refractivity contribution is 6.33. The molecule has 0 bridgehead atoms. The zero-order chi connectivity index (χ0) is 18.8. The second-order valence-electron chi connectivity index (χ2n) is 6.71. The molecule has 142 valence electrons. The first-order valence-electron chi connectivity index (χ1n) is 9.14. The number of anilines is 1. The van der Waals surface area contributed by atoms with E-state index in [0.29, 0.717) is 44.2 Å². The van der Waals surface area contributed by atoms with Crippen LogP contribution in [-0.2, 0) is 9.53 Å². The number of nitrogens with zero attached hydrogens (tertiary/aromatic N) is 4. The number of hydrogen-bond donors (Lipinski definition) is 0. The Morgan fingerprint density at radius 1 is 1.15 bits per heavy atom. The first kappa shape index (κ1) is 18.0. The SMILES string of the molecule is O=C([C@@H]1CCCO1)N1CCN(c2cnn(-c3ccccc3)c(=O)c2Cl)CC1. The van der Waals surface area contributed by atoms with Crippen molar-refractivity contribution in [2.75, 3.05) is 37.7 Å². The van der Waals surface area contributed by atoms with Gasteiger partial charge in [-0.1, -0.05) is 29.8 Å². The van der Waals surface area contributed by atoms with Gasteiger partial charge in [-0.3, -0.25) is 9.59 Å². The highest BCUT2D eigenvalue weighted by Gasteiger charge is 2.31. The van der Waals surface area contributed by atoms with Crippen molar-refractivity contribution >= 4 is 23.2 Å². The summed E-state index contributed by atoms with van der Waals surface area (Å²) in [6, 6.07) is 9.17. The predicted octanol–water partition coefficient (Wildman–Crippen LogP) is 1.71. The van der Waals surface area contributed by atoms with E-state index in [2.05, 4.69) is 5.10 Å². The van der Waals surface area contributed by atoms with Crippen LogP contribution in [0, 0.1) is 0 Å². The van der Waals surface area contributed by atoms with Crippen LogP contribution in [0.15, 0.2) is 41.3 Å². The van der Waals surface area contributed by atoms with Gasteiger partial charge < -0.3 is 14.5 Å². The van der Waals surface area contributed by atoms with Gasteiger partial charge in [0.1, 0.15) is 11.1 Å². The highest BCUT2D eigenvalue weighted by Crippen LogP contribution is 2.24. The second-order valence-corrected chi connectivity index (χ2v) is 7.09. The number of hydrogen-bond acceptors (Lipinski definition) is 5. The fourth-order valence-corrected chi connectivity index (χ4v) is 3.79. The third-order valence-electron chi connectivity index (χ3n) is 5.04. The van der Waals surface area contributed by atoms with Gasteiger partial charge in [0.05, 0.1) is 17.6 Å². The molecule has 4 rings (SSSR count). The zero-order valence-corrected chi connectivity index (χ0v) is 15.6. The third kappa shape index (κ3) is 3.57.